The standard InChI is InChI=1S/C17H15F5N4O/c18-12-2-3-14(13(19)9-12)24-16(27)26-7-5-25(6-8-26)15-4-1-11(10-23-15)17(20,21)22/h1-4,9-10H,5-8H2,(H,24,27). The highest BCUT2D eigenvalue weighted by Crippen LogP contribution is 2.29. The molecule has 0 bridgehead atoms. The van der Waals surface area contributed by atoms with Crippen molar-refractivity contribution in [2.75, 3.05) is 36.4 Å². The molecule has 1 aromatic heterocycles. The monoisotopic (exact) mass is 386 g/mol. The van der Waals surface area contributed by atoms with Crippen molar-refractivity contribution in [3.8, 4) is 0 Å². The Bertz CT molecular complexity index is 817. The molecule has 0 atom stereocenters. The molecule has 0 radical (unpaired) electrons. The van der Waals surface area contributed by atoms with E-state index in [4.69, 9.17) is 0 Å². The Morgan fingerprint density at radius 1 is 1.04 bits per heavy atom. The number of anilines is 2. The first-order chi connectivity index (χ1) is 12.7. The minimum absolute atomic E-state index is 0.131. The maximum Gasteiger partial charge on any atom is 0.417 e. The quantitative estimate of drug-likeness (QED) is 0.801. The first-order valence-corrected chi connectivity index (χ1v) is 8.03. The first-order valence-electron chi connectivity index (χ1n) is 8.03. The molecule has 1 saturated heterocycles. The summed E-state index contributed by atoms with van der Waals surface area (Å²) in [5.74, 6) is -1.24. The van der Waals surface area contributed by atoms with Gasteiger partial charge in [0.2, 0.25) is 0 Å². The number of urea groups is 1. The summed E-state index contributed by atoms with van der Waals surface area (Å²) in [7, 11) is 0. The summed E-state index contributed by atoms with van der Waals surface area (Å²) >= 11 is 0. The zero-order valence-electron chi connectivity index (χ0n) is 13.9. The van der Waals surface area contributed by atoms with Crippen LogP contribution in [-0.4, -0.2) is 42.1 Å². The Morgan fingerprint density at radius 2 is 1.74 bits per heavy atom. The normalized spacial score (nSPS) is 15.0. The molecule has 1 aliphatic rings. The number of hydrogen-bond acceptors (Lipinski definition) is 3. The lowest BCUT2D eigenvalue weighted by atomic mass is 10.2. The zero-order chi connectivity index (χ0) is 19.6. The highest BCUT2D eigenvalue weighted by molar-refractivity contribution is 5.89. The molecule has 2 amide bonds. The summed E-state index contributed by atoms with van der Waals surface area (Å²) in [6.07, 6.45) is -3.68. The molecule has 2 aromatic rings. The van der Waals surface area contributed by atoms with Crippen molar-refractivity contribution in [1.82, 2.24) is 9.88 Å². The molecule has 0 spiro atoms. The third-order valence-corrected chi connectivity index (χ3v) is 4.14. The van der Waals surface area contributed by atoms with Gasteiger partial charge in [0.25, 0.3) is 0 Å². The molecule has 1 N–H and O–H groups in total. The highest BCUT2D eigenvalue weighted by Gasteiger charge is 2.31. The molecule has 3 rings (SSSR count). The number of rotatable bonds is 2. The van der Waals surface area contributed by atoms with Crippen molar-refractivity contribution in [2.24, 2.45) is 0 Å². The largest absolute Gasteiger partial charge is 0.417 e. The summed E-state index contributed by atoms with van der Waals surface area (Å²) in [6, 6.07) is 4.54. The van der Waals surface area contributed by atoms with Crippen LogP contribution < -0.4 is 10.2 Å². The smallest absolute Gasteiger partial charge is 0.353 e. The van der Waals surface area contributed by atoms with Gasteiger partial charge < -0.3 is 15.1 Å². The van der Waals surface area contributed by atoms with E-state index in [0.717, 1.165) is 24.4 Å². The summed E-state index contributed by atoms with van der Waals surface area (Å²) in [5, 5.41) is 2.37. The molecule has 0 aliphatic carbocycles. The van der Waals surface area contributed by atoms with Crippen LogP contribution in [0.2, 0.25) is 0 Å². The number of carbonyl (C=O) groups is 1. The molecule has 0 unspecified atom stereocenters. The van der Waals surface area contributed by atoms with Crippen LogP contribution in [0.1, 0.15) is 5.56 Å². The molecule has 144 valence electrons. The minimum atomic E-state index is -4.45. The fourth-order valence-corrected chi connectivity index (χ4v) is 2.66. The molecule has 0 saturated carbocycles. The molecule has 27 heavy (non-hydrogen) atoms. The second kappa shape index (κ2) is 7.37. The molecule has 1 aliphatic heterocycles. The molecule has 10 heteroatoms. The van der Waals surface area contributed by atoms with Crippen molar-refractivity contribution >= 4 is 17.5 Å². The second-order valence-corrected chi connectivity index (χ2v) is 5.93. The molecule has 1 aromatic carbocycles. The van der Waals surface area contributed by atoms with Crippen LogP contribution in [-0.2, 0) is 6.18 Å². The third-order valence-electron chi connectivity index (χ3n) is 4.14. The predicted molar refractivity (Wildman–Crippen MR) is 88.4 cm³/mol. The van der Waals surface area contributed by atoms with Crippen molar-refractivity contribution in [2.45, 2.75) is 6.18 Å². The first kappa shape index (κ1) is 18.9. The van der Waals surface area contributed by atoms with Crippen molar-refractivity contribution in [3.63, 3.8) is 0 Å². The van der Waals surface area contributed by atoms with E-state index in [2.05, 4.69) is 10.3 Å². The van der Waals surface area contributed by atoms with E-state index in [-0.39, 0.29) is 18.8 Å². The van der Waals surface area contributed by atoms with E-state index < -0.39 is 29.4 Å². The Balaban J connectivity index is 1.57. The molecular formula is C17H15F5N4O. The molecule has 1 fully saturated rings. The fourth-order valence-electron chi connectivity index (χ4n) is 2.66. The van der Waals surface area contributed by atoms with E-state index in [1.807, 2.05) is 0 Å². The maximum absolute atomic E-state index is 13.6. The Hall–Kier alpha value is -2.91. The van der Waals surface area contributed by atoms with E-state index in [1.165, 1.54) is 11.0 Å². The van der Waals surface area contributed by atoms with E-state index in [0.29, 0.717) is 25.0 Å². The minimum Gasteiger partial charge on any atom is -0.353 e. The van der Waals surface area contributed by atoms with Gasteiger partial charge in [0, 0.05) is 38.4 Å². The van der Waals surface area contributed by atoms with Gasteiger partial charge in [0.15, 0.2) is 0 Å². The van der Waals surface area contributed by atoms with Crippen LogP contribution in [0.25, 0.3) is 0 Å². The van der Waals surface area contributed by atoms with Crippen LogP contribution in [0.3, 0.4) is 0 Å². The van der Waals surface area contributed by atoms with Gasteiger partial charge in [-0.25, -0.2) is 18.6 Å². The van der Waals surface area contributed by atoms with Crippen LogP contribution in [0, 0.1) is 11.6 Å². The molecule has 2 heterocycles. The molecular weight excluding hydrogens is 371 g/mol. The number of amides is 2. The number of nitrogens with zero attached hydrogens (tertiary/aromatic N) is 3. The van der Waals surface area contributed by atoms with Gasteiger partial charge in [-0.05, 0) is 24.3 Å². The lowest BCUT2D eigenvalue weighted by Gasteiger charge is -2.35. The van der Waals surface area contributed by atoms with Gasteiger partial charge >= 0.3 is 12.2 Å². The van der Waals surface area contributed by atoms with Crippen LogP contribution in [0.4, 0.5) is 38.3 Å². The van der Waals surface area contributed by atoms with Gasteiger partial charge in [0.05, 0.1) is 11.3 Å². The van der Waals surface area contributed by atoms with Crippen LogP contribution in [0.5, 0.6) is 0 Å². The van der Waals surface area contributed by atoms with Gasteiger partial charge in [0.1, 0.15) is 17.5 Å². The van der Waals surface area contributed by atoms with Gasteiger partial charge in [-0.2, -0.15) is 13.2 Å². The summed E-state index contributed by atoms with van der Waals surface area (Å²) < 4.78 is 64.2. The van der Waals surface area contributed by atoms with Gasteiger partial charge in [-0.1, -0.05) is 0 Å². The van der Waals surface area contributed by atoms with Gasteiger partial charge in [-0.3, -0.25) is 0 Å². The number of carbonyl (C=O) groups excluding carboxylic acids is 1. The average molecular weight is 386 g/mol. The Labute approximate surface area is 151 Å². The number of aromatic nitrogens is 1. The Morgan fingerprint density at radius 3 is 2.30 bits per heavy atom. The molecule has 5 nitrogen and oxygen atoms in total. The fraction of sp³-hybridized carbons (Fsp3) is 0.294. The van der Waals surface area contributed by atoms with Crippen molar-refractivity contribution in [3.05, 3.63) is 53.7 Å². The van der Waals surface area contributed by atoms with Crippen molar-refractivity contribution in [1.29, 1.82) is 0 Å². The average Bonchev–Trinajstić information content (AvgIpc) is 2.63. The zero-order valence-corrected chi connectivity index (χ0v) is 13.9. The number of hydrogen-bond donors (Lipinski definition) is 1. The second-order valence-electron chi connectivity index (χ2n) is 5.93. The van der Waals surface area contributed by atoms with E-state index in [1.54, 1.807) is 4.90 Å². The maximum atomic E-state index is 13.6. The summed E-state index contributed by atoms with van der Waals surface area (Å²) in [5.41, 5.74) is -0.959. The van der Waals surface area contributed by atoms with E-state index >= 15 is 0 Å². The summed E-state index contributed by atoms with van der Waals surface area (Å²) in [6.45, 7) is 1.27. The number of benzene rings is 1. The Kier molecular flexibility index (Phi) is 5.15. The highest BCUT2D eigenvalue weighted by atomic mass is 19.4. The number of piperazine rings is 1. The van der Waals surface area contributed by atoms with Crippen LogP contribution in [0.15, 0.2) is 36.5 Å². The lowest BCUT2D eigenvalue weighted by Crippen LogP contribution is -2.50. The van der Waals surface area contributed by atoms with E-state index in [9.17, 15) is 26.7 Å². The third kappa shape index (κ3) is 4.44. The number of nitrogens with one attached hydrogen (secondary N) is 1. The number of halogens is 5. The van der Waals surface area contributed by atoms with Gasteiger partial charge in [-0.15, -0.1) is 0 Å². The predicted octanol–water partition coefficient (Wildman–Crippen LogP) is 3.73. The number of alkyl halides is 3. The summed E-state index contributed by atoms with van der Waals surface area (Å²) in [4.78, 5) is 19.2. The van der Waals surface area contributed by atoms with Crippen LogP contribution >= 0.6 is 0 Å². The van der Waals surface area contributed by atoms with Crippen molar-refractivity contribution < 1.29 is 26.7 Å². The topological polar surface area (TPSA) is 48.5 Å². The lowest BCUT2D eigenvalue weighted by molar-refractivity contribution is -0.137. The number of pyridine rings is 1. The SMILES string of the molecule is O=C(Nc1ccc(F)cc1F)N1CCN(c2ccc(C(F)(F)F)cn2)CC1.